The summed E-state index contributed by atoms with van der Waals surface area (Å²) in [6, 6.07) is 14.1. The van der Waals surface area contributed by atoms with Gasteiger partial charge in [-0.25, -0.2) is 4.79 Å². The molecule has 0 saturated carbocycles. The number of aromatic nitrogens is 3. The van der Waals surface area contributed by atoms with E-state index >= 15 is 0 Å². The van der Waals surface area contributed by atoms with Crippen molar-refractivity contribution in [3.8, 4) is 17.1 Å². The summed E-state index contributed by atoms with van der Waals surface area (Å²) in [5, 5.41) is 11.8. The van der Waals surface area contributed by atoms with E-state index < -0.39 is 0 Å². The van der Waals surface area contributed by atoms with Gasteiger partial charge in [-0.2, -0.15) is 0 Å². The summed E-state index contributed by atoms with van der Waals surface area (Å²) >= 11 is 1.28. The maximum atomic E-state index is 12.3. The maximum absolute atomic E-state index is 12.3. The number of ether oxygens (including phenoxy) is 2. The number of para-hydroxylation sites is 1. The number of esters is 1. The first-order chi connectivity index (χ1) is 14.5. The van der Waals surface area contributed by atoms with Crippen molar-refractivity contribution >= 4 is 29.3 Å². The molecule has 1 N–H and O–H groups in total. The Kier molecular flexibility index (Phi) is 7.08. The van der Waals surface area contributed by atoms with E-state index in [-0.39, 0.29) is 17.6 Å². The second-order valence-electron chi connectivity index (χ2n) is 6.20. The van der Waals surface area contributed by atoms with Gasteiger partial charge in [-0.3, -0.25) is 4.79 Å². The summed E-state index contributed by atoms with van der Waals surface area (Å²) in [7, 11) is 3.45. The number of carbonyl (C=O) groups excluding carboxylic acids is 2. The van der Waals surface area contributed by atoms with Crippen molar-refractivity contribution in [2.45, 2.75) is 12.1 Å². The molecule has 0 atom stereocenters. The van der Waals surface area contributed by atoms with Crippen LogP contribution in [0.3, 0.4) is 0 Å². The Labute approximate surface area is 178 Å². The number of anilines is 1. The molecule has 2 aromatic carbocycles. The first kappa shape index (κ1) is 21.4. The summed E-state index contributed by atoms with van der Waals surface area (Å²) in [5.74, 6) is 0.945. The van der Waals surface area contributed by atoms with Gasteiger partial charge in [-0.05, 0) is 43.3 Å². The first-order valence-corrected chi connectivity index (χ1v) is 10.2. The van der Waals surface area contributed by atoms with Gasteiger partial charge < -0.3 is 19.4 Å². The number of nitrogens with one attached hydrogen (secondary N) is 1. The van der Waals surface area contributed by atoms with E-state index in [2.05, 4.69) is 15.5 Å². The van der Waals surface area contributed by atoms with Gasteiger partial charge in [0.2, 0.25) is 5.91 Å². The van der Waals surface area contributed by atoms with Gasteiger partial charge in [0.1, 0.15) is 5.75 Å². The fourth-order valence-corrected chi connectivity index (χ4v) is 3.45. The summed E-state index contributed by atoms with van der Waals surface area (Å²) < 4.78 is 12.2. The van der Waals surface area contributed by atoms with Gasteiger partial charge in [0.05, 0.1) is 30.6 Å². The number of thioether (sulfide) groups is 1. The zero-order chi connectivity index (χ0) is 21.5. The smallest absolute Gasteiger partial charge is 0.338 e. The van der Waals surface area contributed by atoms with Crippen LogP contribution in [0.25, 0.3) is 11.4 Å². The second-order valence-corrected chi connectivity index (χ2v) is 7.14. The Morgan fingerprint density at radius 2 is 1.83 bits per heavy atom. The molecule has 156 valence electrons. The number of amides is 1. The average Bonchev–Trinajstić information content (AvgIpc) is 3.13. The quantitative estimate of drug-likeness (QED) is 0.436. The number of carbonyl (C=O) groups is 2. The first-order valence-electron chi connectivity index (χ1n) is 9.26. The van der Waals surface area contributed by atoms with Gasteiger partial charge in [-0.15, -0.1) is 10.2 Å². The highest BCUT2D eigenvalue weighted by Crippen LogP contribution is 2.30. The molecule has 3 rings (SSSR count). The van der Waals surface area contributed by atoms with Crippen molar-refractivity contribution in [3.05, 3.63) is 54.1 Å². The van der Waals surface area contributed by atoms with E-state index in [1.165, 1.54) is 11.8 Å². The van der Waals surface area contributed by atoms with Crippen LogP contribution in [0.15, 0.2) is 53.7 Å². The molecule has 9 heteroatoms. The minimum Gasteiger partial charge on any atom is -0.496 e. The van der Waals surface area contributed by atoms with Crippen LogP contribution in [0.2, 0.25) is 0 Å². The number of hydrogen-bond donors (Lipinski definition) is 1. The zero-order valence-corrected chi connectivity index (χ0v) is 17.7. The van der Waals surface area contributed by atoms with E-state index in [4.69, 9.17) is 9.47 Å². The standard InChI is InChI=1S/C21H22N4O4S/c1-4-29-20(27)14-9-11-15(12-10-14)22-18(26)13-30-21-24-23-19(25(21)2)16-7-5-6-8-17(16)28-3/h5-12H,4,13H2,1-3H3,(H,22,26). The number of nitrogens with zero attached hydrogens (tertiary/aromatic N) is 3. The van der Waals surface area contributed by atoms with Crippen LogP contribution >= 0.6 is 11.8 Å². The molecule has 0 radical (unpaired) electrons. The van der Waals surface area contributed by atoms with Crippen LogP contribution in [-0.4, -0.2) is 46.1 Å². The van der Waals surface area contributed by atoms with Crippen molar-refractivity contribution < 1.29 is 19.1 Å². The predicted molar refractivity (Wildman–Crippen MR) is 115 cm³/mol. The lowest BCUT2D eigenvalue weighted by Crippen LogP contribution is -2.14. The van der Waals surface area contributed by atoms with Crippen molar-refractivity contribution in [2.24, 2.45) is 7.05 Å². The van der Waals surface area contributed by atoms with Crippen molar-refractivity contribution in [1.82, 2.24) is 14.8 Å². The third kappa shape index (κ3) is 4.98. The topological polar surface area (TPSA) is 95.3 Å². The predicted octanol–water partition coefficient (Wildman–Crippen LogP) is 3.40. The van der Waals surface area contributed by atoms with Crippen LogP contribution in [0.4, 0.5) is 5.69 Å². The number of hydrogen-bond acceptors (Lipinski definition) is 7. The molecule has 1 amide bonds. The molecule has 1 heterocycles. The SMILES string of the molecule is CCOC(=O)c1ccc(NC(=O)CSc2nnc(-c3ccccc3OC)n2C)cc1. The zero-order valence-electron chi connectivity index (χ0n) is 16.9. The number of benzene rings is 2. The van der Waals surface area contributed by atoms with Crippen molar-refractivity contribution in [2.75, 3.05) is 24.8 Å². The molecule has 0 aliphatic carbocycles. The maximum Gasteiger partial charge on any atom is 0.338 e. The van der Waals surface area contributed by atoms with Crippen molar-refractivity contribution in [3.63, 3.8) is 0 Å². The molecule has 1 aromatic heterocycles. The summed E-state index contributed by atoms with van der Waals surface area (Å²) in [5.41, 5.74) is 1.86. The molecule has 3 aromatic rings. The van der Waals surface area contributed by atoms with Crippen LogP contribution in [0, 0.1) is 0 Å². The van der Waals surface area contributed by atoms with Gasteiger partial charge in [0.25, 0.3) is 0 Å². The van der Waals surface area contributed by atoms with Gasteiger partial charge in [0, 0.05) is 12.7 Å². The van der Waals surface area contributed by atoms with Gasteiger partial charge >= 0.3 is 5.97 Å². The third-order valence-electron chi connectivity index (χ3n) is 4.19. The van der Waals surface area contributed by atoms with E-state index in [1.54, 1.807) is 38.3 Å². The van der Waals surface area contributed by atoms with Crippen LogP contribution in [0.1, 0.15) is 17.3 Å². The lowest BCUT2D eigenvalue weighted by atomic mass is 10.2. The molecule has 30 heavy (non-hydrogen) atoms. The fraction of sp³-hybridized carbons (Fsp3) is 0.238. The summed E-state index contributed by atoms with van der Waals surface area (Å²) in [6.07, 6.45) is 0. The van der Waals surface area contributed by atoms with E-state index in [0.29, 0.717) is 34.6 Å². The molecule has 0 fully saturated rings. The van der Waals surface area contributed by atoms with Crippen LogP contribution in [-0.2, 0) is 16.6 Å². The Morgan fingerprint density at radius 3 is 2.53 bits per heavy atom. The van der Waals surface area contributed by atoms with E-state index in [0.717, 1.165) is 5.56 Å². The van der Waals surface area contributed by atoms with Crippen molar-refractivity contribution in [1.29, 1.82) is 0 Å². The monoisotopic (exact) mass is 426 g/mol. The number of rotatable bonds is 8. The minimum atomic E-state index is -0.390. The van der Waals surface area contributed by atoms with Crippen LogP contribution < -0.4 is 10.1 Å². The molecular formula is C21H22N4O4S. The Morgan fingerprint density at radius 1 is 1.10 bits per heavy atom. The lowest BCUT2D eigenvalue weighted by Gasteiger charge is -2.08. The fourth-order valence-electron chi connectivity index (χ4n) is 2.74. The van der Waals surface area contributed by atoms with Gasteiger partial charge in [-0.1, -0.05) is 23.9 Å². The Bertz CT molecular complexity index is 1030. The van der Waals surface area contributed by atoms with E-state index in [1.807, 2.05) is 35.9 Å². The third-order valence-corrected chi connectivity index (χ3v) is 5.22. The highest BCUT2D eigenvalue weighted by atomic mass is 32.2. The summed E-state index contributed by atoms with van der Waals surface area (Å²) in [4.78, 5) is 24.0. The molecule has 8 nitrogen and oxygen atoms in total. The normalized spacial score (nSPS) is 10.5. The molecule has 0 aliphatic rings. The molecule has 0 saturated heterocycles. The molecule has 0 spiro atoms. The number of methoxy groups -OCH3 is 1. The lowest BCUT2D eigenvalue weighted by molar-refractivity contribution is -0.113. The Balaban J connectivity index is 1.60. The molecule has 0 aliphatic heterocycles. The Hall–Kier alpha value is -3.33. The summed E-state index contributed by atoms with van der Waals surface area (Å²) in [6.45, 7) is 2.07. The van der Waals surface area contributed by atoms with Gasteiger partial charge in [0.15, 0.2) is 11.0 Å². The van der Waals surface area contributed by atoms with Crippen LogP contribution in [0.5, 0.6) is 5.75 Å². The molecular weight excluding hydrogens is 404 g/mol. The highest BCUT2D eigenvalue weighted by Gasteiger charge is 2.16. The molecule has 0 bridgehead atoms. The highest BCUT2D eigenvalue weighted by molar-refractivity contribution is 7.99. The van der Waals surface area contributed by atoms with E-state index in [9.17, 15) is 9.59 Å². The molecule has 0 unspecified atom stereocenters. The largest absolute Gasteiger partial charge is 0.496 e. The minimum absolute atomic E-state index is 0.164. The average molecular weight is 426 g/mol. The second kappa shape index (κ2) is 9.93.